The molecule has 1 aromatic carbocycles. The molecule has 1 aromatic rings. The highest BCUT2D eigenvalue weighted by atomic mass is 127. The number of carbonyl (C=O) groups is 1. The predicted octanol–water partition coefficient (Wildman–Crippen LogP) is 1.74. The summed E-state index contributed by atoms with van der Waals surface area (Å²) in [5.41, 5.74) is 1.23. The van der Waals surface area contributed by atoms with Crippen molar-refractivity contribution in [3.8, 4) is 0 Å². The normalized spacial score (nSPS) is 25.2. The van der Waals surface area contributed by atoms with Crippen LogP contribution in [-0.2, 0) is 16.0 Å². The Morgan fingerprint density at radius 2 is 2.38 bits per heavy atom. The lowest BCUT2D eigenvalue weighted by molar-refractivity contribution is -0.139. The summed E-state index contributed by atoms with van der Waals surface area (Å²) in [7, 11) is 0. The number of amides is 1. The molecule has 0 aromatic heterocycles. The molecular weight excluding hydrogens is 317 g/mol. The van der Waals surface area contributed by atoms with Gasteiger partial charge in [0.05, 0.1) is 12.6 Å². The zero-order valence-electron chi connectivity index (χ0n) is 9.07. The molecule has 16 heavy (non-hydrogen) atoms. The highest BCUT2D eigenvalue weighted by Gasteiger charge is 2.24. The molecule has 3 nitrogen and oxygen atoms in total. The molecule has 86 valence electrons. The second-order valence-electron chi connectivity index (χ2n) is 4.02. The number of hydrogen-bond acceptors (Lipinski definition) is 2. The summed E-state index contributed by atoms with van der Waals surface area (Å²) >= 11 is 2.29. The van der Waals surface area contributed by atoms with Gasteiger partial charge in [-0.25, -0.2) is 0 Å². The van der Waals surface area contributed by atoms with Gasteiger partial charge in [-0.1, -0.05) is 12.1 Å². The van der Waals surface area contributed by atoms with Crippen LogP contribution in [0.2, 0.25) is 0 Å². The van der Waals surface area contributed by atoms with Crippen LogP contribution < -0.4 is 5.32 Å². The molecule has 0 radical (unpaired) electrons. The number of nitrogens with one attached hydrogen (secondary N) is 1. The van der Waals surface area contributed by atoms with Crippen LogP contribution in [0.1, 0.15) is 12.5 Å². The molecule has 4 heteroatoms. The number of morpholine rings is 1. The summed E-state index contributed by atoms with van der Waals surface area (Å²) in [6.07, 6.45) is 0.516. The molecule has 1 aliphatic rings. The van der Waals surface area contributed by atoms with E-state index >= 15 is 0 Å². The molecule has 0 aliphatic carbocycles. The summed E-state index contributed by atoms with van der Waals surface area (Å²) in [6, 6.07) is 8.40. The van der Waals surface area contributed by atoms with E-state index in [1.165, 1.54) is 9.13 Å². The van der Waals surface area contributed by atoms with Gasteiger partial charge in [-0.3, -0.25) is 4.79 Å². The van der Waals surface area contributed by atoms with Gasteiger partial charge in [-0.05, 0) is 53.6 Å². The molecule has 0 bridgehead atoms. The fourth-order valence-corrected chi connectivity index (χ4v) is 2.36. The smallest absolute Gasteiger partial charge is 0.249 e. The molecule has 1 N–H and O–H groups in total. The van der Waals surface area contributed by atoms with Crippen LogP contribution in [0.4, 0.5) is 0 Å². The van der Waals surface area contributed by atoms with Gasteiger partial charge in [0.15, 0.2) is 0 Å². The Labute approximate surface area is 109 Å². The van der Waals surface area contributed by atoms with Gasteiger partial charge in [0.25, 0.3) is 0 Å². The Hall–Kier alpha value is -0.620. The van der Waals surface area contributed by atoms with Gasteiger partial charge in [-0.2, -0.15) is 0 Å². The van der Waals surface area contributed by atoms with Crippen LogP contribution >= 0.6 is 22.6 Å². The van der Waals surface area contributed by atoms with Crippen LogP contribution in [0.5, 0.6) is 0 Å². The predicted molar refractivity (Wildman–Crippen MR) is 70.2 cm³/mol. The summed E-state index contributed by atoms with van der Waals surface area (Å²) in [6.45, 7) is 2.37. The van der Waals surface area contributed by atoms with Crippen molar-refractivity contribution in [1.82, 2.24) is 5.32 Å². The first kappa shape index (κ1) is 11.9. The first-order chi connectivity index (χ1) is 7.65. The molecule has 1 heterocycles. The first-order valence-corrected chi connectivity index (χ1v) is 6.39. The standard InChI is InChI=1S/C12H14INO2/c1-8-12(15)14-11(7-16-8)6-9-3-2-4-10(13)5-9/h2-5,8,11H,6-7H2,1H3,(H,14,15)/t8-,11-/m1/s1. The molecule has 1 amide bonds. The summed E-state index contributed by atoms with van der Waals surface area (Å²) in [4.78, 5) is 11.4. The van der Waals surface area contributed by atoms with Crippen LogP contribution in [0.25, 0.3) is 0 Å². The molecule has 0 saturated carbocycles. The van der Waals surface area contributed by atoms with Gasteiger partial charge >= 0.3 is 0 Å². The van der Waals surface area contributed by atoms with E-state index in [1.54, 1.807) is 6.92 Å². The number of benzene rings is 1. The number of halogens is 1. The summed E-state index contributed by atoms with van der Waals surface area (Å²) < 4.78 is 6.61. The molecule has 2 atom stereocenters. The van der Waals surface area contributed by atoms with Crippen molar-refractivity contribution in [2.75, 3.05) is 6.61 Å². The highest BCUT2D eigenvalue weighted by Crippen LogP contribution is 2.12. The van der Waals surface area contributed by atoms with E-state index in [2.05, 4.69) is 46.1 Å². The largest absolute Gasteiger partial charge is 0.367 e. The first-order valence-electron chi connectivity index (χ1n) is 5.31. The van der Waals surface area contributed by atoms with Crippen molar-refractivity contribution in [2.24, 2.45) is 0 Å². The number of ether oxygens (including phenoxy) is 1. The maximum atomic E-state index is 11.4. The summed E-state index contributed by atoms with van der Waals surface area (Å²) in [5.74, 6) is -0.0121. The topological polar surface area (TPSA) is 38.3 Å². The number of carbonyl (C=O) groups excluding carboxylic acids is 1. The van der Waals surface area contributed by atoms with E-state index in [-0.39, 0.29) is 18.1 Å². The van der Waals surface area contributed by atoms with Gasteiger partial charge in [0.1, 0.15) is 6.10 Å². The van der Waals surface area contributed by atoms with E-state index in [4.69, 9.17) is 4.74 Å². The van der Waals surface area contributed by atoms with Crippen molar-refractivity contribution < 1.29 is 9.53 Å². The van der Waals surface area contributed by atoms with Crippen LogP contribution in [0.15, 0.2) is 24.3 Å². The third-order valence-corrected chi connectivity index (χ3v) is 3.31. The molecule has 1 fully saturated rings. The molecule has 2 rings (SSSR count). The number of rotatable bonds is 2. The van der Waals surface area contributed by atoms with Gasteiger partial charge in [0, 0.05) is 3.57 Å². The molecule has 0 unspecified atom stereocenters. The third-order valence-electron chi connectivity index (χ3n) is 2.63. The Kier molecular flexibility index (Phi) is 3.81. The molecule has 1 saturated heterocycles. The van der Waals surface area contributed by atoms with Crippen molar-refractivity contribution in [3.63, 3.8) is 0 Å². The minimum absolute atomic E-state index is 0.0121. The van der Waals surface area contributed by atoms with Crippen molar-refractivity contribution in [2.45, 2.75) is 25.5 Å². The van der Waals surface area contributed by atoms with Crippen molar-refractivity contribution in [1.29, 1.82) is 0 Å². The minimum Gasteiger partial charge on any atom is -0.367 e. The highest BCUT2D eigenvalue weighted by molar-refractivity contribution is 14.1. The lowest BCUT2D eigenvalue weighted by atomic mass is 10.1. The average Bonchev–Trinajstić information content (AvgIpc) is 2.24. The minimum atomic E-state index is -0.313. The quantitative estimate of drug-likeness (QED) is 0.839. The van der Waals surface area contributed by atoms with Crippen LogP contribution in [0.3, 0.4) is 0 Å². The monoisotopic (exact) mass is 331 g/mol. The van der Waals surface area contributed by atoms with E-state index in [0.29, 0.717) is 6.61 Å². The van der Waals surface area contributed by atoms with E-state index in [9.17, 15) is 4.79 Å². The van der Waals surface area contributed by atoms with Crippen LogP contribution in [0, 0.1) is 3.57 Å². The van der Waals surface area contributed by atoms with Gasteiger partial charge in [0.2, 0.25) is 5.91 Å². The van der Waals surface area contributed by atoms with E-state index in [1.807, 2.05) is 6.07 Å². The van der Waals surface area contributed by atoms with Gasteiger partial charge in [-0.15, -0.1) is 0 Å². The lowest BCUT2D eigenvalue weighted by Crippen LogP contribution is -2.50. The second kappa shape index (κ2) is 5.14. The lowest BCUT2D eigenvalue weighted by Gasteiger charge is -2.27. The zero-order valence-corrected chi connectivity index (χ0v) is 11.2. The molecular formula is C12H14INO2. The maximum absolute atomic E-state index is 11.4. The fraction of sp³-hybridized carbons (Fsp3) is 0.417. The number of hydrogen-bond donors (Lipinski definition) is 1. The van der Waals surface area contributed by atoms with E-state index < -0.39 is 0 Å². The second-order valence-corrected chi connectivity index (χ2v) is 5.26. The average molecular weight is 331 g/mol. The Morgan fingerprint density at radius 1 is 1.56 bits per heavy atom. The van der Waals surface area contributed by atoms with Crippen molar-refractivity contribution >= 4 is 28.5 Å². The van der Waals surface area contributed by atoms with Crippen molar-refractivity contribution in [3.05, 3.63) is 33.4 Å². The Balaban J connectivity index is 1.98. The Morgan fingerprint density at radius 3 is 3.06 bits per heavy atom. The molecule has 1 aliphatic heterocycles. The van der Waals surface area contributed by atoms with Crippen LogP contribution in [-0.4, -0.2) is 24.7 Å². The fourth-order valence-electron chi connectivity index (χ4n) is 1.75. The SMILES string of the molecule is C[C@H]1OC[C@@H](Cc2cccc(I)c2)NC1=O. The molecule has 0 spiro atoms. The van der Waals surface area contributed by atoms with Gasteiger partial charge < -0.3 is 10.1 Å². The zero-order chi connectivity index (χ0) is 11.5. The van der Waals surface area contributed by atoms with E-state index in [0.717, 1.165) is 6.42 Å². The Bertz CT molecular complexity index is 394. The third kappa shape index (κ3) is 2.95. The summed E-state index contributed by atoms with van der Waals surface area (Å²) in [5, 5.41) is 2.97. The maximum Gasteiger partial charge on any atom is 0.249 e.